The van der Waals surface area contributed by atoms with Gasteiger partial charge in [-0.2, -0.15) is 13.2 Å². The van der Waals surface area contributed by atoms with Crippen LogP contribution in [-0.2, 0) is 6.54 Å². The third kappa shape index (κ3) is 4.91. The Labute approximate surface area is 104 Å². The third-order valence-corrected chi connectivity index (χ3v) is 2.31. The van der Waals surface area contributed by atoms with Gasteiger partial charge in [0.15, 0.2) is 6.10 Å². The SMILES string of the molecule is CCCNCc1ccc(OC(C)C(F)(F)F)nc1. The molecule has 0 fully saturated rings. The zero-order valence-electron chi connectivity index (χ0n) is 10.4. The summed E-state index contributed by atoms with van der Waals surface area (Å²) >= 11 is 0. The van der Waals surface area contributed by atoms with Gasteiger partial charge in [0.25, 0.3) is 0 Å². The summed E-state index contributed by atoms with van der Waals surface area (Å²) in [6.07, 6.45) is -3.68. The molecule has 0 saturated heterocycles. The van der Waals surface area contributed by atoms with Gasteiger partial charge in [0.2, 0.25) is 5.88 Å². The monoisotopic (exact) mass is 262 g/mol. The largest absolute Gasteiger partial charge is 0.465 e. The summed E-state index contributed by atoms with van der Waals surface area (Å²) in [4.78, 5) is 3.85. The first-order chi connectivity index (χ1) is 8.43. The molecule has 0 bridgehead atoms. The van der Waals surface area contributed by atoms with E-state index < -0.39 is 12.3 Å². The fourth-order valence-corrected chi connectivity index (χ4v) is 1.24. The van der Waals surface area contributed by atoms with Crippen LogP contribution in [0.3, 0.4) is 0 Å². The molecule has 1 rings (SSSR count). The van der Waals surface area contributed by atoms with Gasteiger partial charge in [0, 0.05) is 18.8 Å². The van der Waals surface area contributed by atoms with Crippen molar-refractivity contribution in [3.05, 3.63) is 23.9 Å². The second kappa shape index (κ2) is 6.58. The number of nitrogens with zero attached hydrogens (tertiary/aromatic N) is 1. The van der Waals surface area contributed by atoms with Crippen LogP contribution in [0.4, 0.5) is 13.2 Å². The van der Waals surface area contributed by atoms with Crippen molar-refractivity contribution in [3.63, 3.8) is 0 Å². The van der Waals surface area contributed by atoms with Crippen LogP contribution in [0.2, 0.25) is 0 Å². The van der Waals surface area contributed by atoms with Gasteiger partial charge in [0.05, 0.1) is 0 Å². The molecule has 102 valence electrons. The number of nitrogens with one attached hydrogen (secondary N) is 1. The lowest BCUT2D eigenvalue weighted by Gasteiger charge is -2.16. The summed E-state index contributed by atoms with van der Waals surface area (Å²) in [5.74, 6) is -0.0148. The van der Waals surface area contributed by atoms with Crippen molar-refractivity contribution in [2.75, 3.05) is 6.54 Å². The van der Waals surface area contributed by atoms with Crippen LogP contribution in [0, 0.1) is 0 Å². The fourth-order valence-electron chi connectivity index (χ4n) is 1.24. The molecular formula is C12H17F3N2O. The van der Waals surface area contributed by atoms with E-state index in [2.05, 4.69) is 17.2 Å². The number of pyridine rings is 1. The molecule has 6 heteroatoms. The number of halogens is 3. The number of rotatable bonds is 6. The highest BCUT2D eigenvalue weighted by Gasteiger charge is 2.38. The van der Waals surface area contributed by atoms with E-state index in [9.17, 15) is 13.2 Å². The van der Waals surface area contributed by atoms with E-state index in [4.69, 9.17) is 4.74 Å². The van der Waals surface area contributed by atoms with Crippen LogP contribution >= 0.6 is 0 Å². The van der Waals surface area contributed by atoms with Crippen LogP contribution in [0.15, 0.2) is 18.3 Å². The van der Waals surface area contributed by atoms with Gasteiger partial charge in [-0.3, -0.25) is 0 Å². The molecule has 0 spiro atoms. The summed E-state index contributed by atoms with van der Waals surface area (Å²) in [7, 11) is 0. The van der Waals surface area contributed by atoms with Crippen molar-refractivity contribution in [1.82, 2.24) is 10.3 Å². The number of aromatic nitrogens is 1. The van der Waals surface area contributed by atoms with Crippen LogP contribution in [0.25, 0.3) is 0 Å². The van der Waals surface area contributed by atoms with Crippen molar-refractivity contribution in [1.29, 1.82) is 0 Å². The minimum Gasteiger partial charge on any atom is -0.465 e. The smallest absolute Gasteiger partial charge is 0.425 e. The standard InChI is InChI=1S/C12H17F3N2O/c1-3-6-16-7-10-4-5-11(17-8-10)18-9(2)12(13,14)15/h4-5,8-9,16H,3,6-7H2,1-2H3. The second-order valence-corrected chi connectivity index (χ2v) is 3.98. The molecule has 18 heavy (non-hydrogen) atoms. The number of hydrogen-bond donors (Lipinski definition) is 1. The van der Waals surface area contributed by atoms with E-state index in [1.54, 1.807) is 6.07 Å². The molecule has 0 aliphatic carbocycles. The highest BCUT2D eigenvalue weighted by Crippen LogP contribution is 2.23. The van der Waals surface area contributed by atoms with E-state index in [-0.39, 0.29) is 5.88 Å². The lowest BCUT2D eigenvalue weighted by molar-refractivity contribution is -0.189. The zero-order chi connectivity index (χ0) is 13.6. The van der Waals surface area contributed by atoms with Gasteiger partial charge < -0.3 is 10.1 Å². The fraction of sp³-hybridized carbons (Fsp3) is 0.583. The normalized spacial score (nSPS) is 13.4. The molecule has 0 aromatic carbocycles. The van der Waals surface area contributed by atoms with E-state index >= 15 is 0 Å². The Morgan fingerprint density at radius 1 is 1.39 bits per heavy atom. The van der Waals surface area contributed by atoms with Crippen LogP contribution in [0.1, 0.15) is 25.8 Å². The van der Waals surface area contributed by atoms with Crippen molar-refractivity contribution in [3.8, 4) is 5.88 Å². The molecule has 1 heterocycles. The maximum atomic E-state index is 12.3. The van der Waals surface area contributed by atoms with Gasteiger partial charge >= 0.3 is 6.18 Å². The maximum absolute atomic E-state index is 12.3. The molecule has 1 N–H and O–H groups in total. The Morgan fingerprint density at radius 3 is 2.61 bits per heavy atom. The molecule has 0 aliphatic heterocycles. The third-order valence-electron chi connectivity index (χ3n) is 2.31. The highest BCUT2D eigenvalue weighted by molar-refractivity contribution is 5.18. The lowest BCUT2D eigenvalue weighted by atomic mass is 10.3. The highest BCUT2D eigenvalue weighted by atomic mass is 19.4. The molecule has 1 atom stereocenters. The average molecular weight is 262 g/mol. The van der Waals surface area contributed by atoms with Crippen LogP contribution in [0.5, 0.6) is 5.88 Å². The van der Waals surface area contributed by atoms with E-state index in [0.717, 1.165) is 25.5 Å². The number of hydrogen-bond acceptors (Lipinski definition) is 3. The summed E-state index contributed by atoms with van der Waals surface area (Å²) in [5, 5.41) is 3.18. The second-order valence-electron chi connectivity index (χ2n) is 3.98. The van der Waals surface area contributed by atoms with Gasteiger partial charge in [-0.05, 0) is 25.5 Å². The van der Waals surface area contributed by atoms with E-state index in [0.29, 0.717) is 6.54 Å². The van der Waals surface area contributed by atoms with Crippen molar-refractivity contribution in [2.24, 2.45) is 0 Å². The predicted molar refractivity (Wildman–Crippen MR) is 62.4 cm³/mol. The van der Waals surface area contributed by atoms with Gasteiger partial charge in [-0.1, -0.05) is 13.0 Å². The maximum Gasteiger partial charge on any atom is 0.425 e. The van der Waals surface area contributed by atoms with E-state index in [1.807, 2.05) is 0 Å². The molecule has 0 saturated carbocycles. The Balaban J connectivity index is 2.50. The molecule has 1 aromatic rings. The number of alkyl halides is 3. The topological polar surface area (TPSA) is 34.1 Å². The first-order valence-electron chi connectivity index (χ1n) is 5.82. The summed E-state index contributed by atoms with van der Waals surface area (Å²) < 4.78 is 41.5. The quantitative estimate of drug-likeness (QED) is 0.800. The van der Waals surface area contributed by atoms with Gasteiger partial charge in [-0.25, -0.2) is 4.98 Å². The molecule has 0 aliphatic rings. The Morgan fingerprint density at radius 2 is 2.11 bits per heavy atom. The van der Waals surface area contributed by atoms with E-state index in [1.165, 1.54) is 12.3 Å². The molecule has 1 unspecified atom stereocenters. The van der Waals surface area contributed by atoms with Crippen LogP contribution < -0.4 is 10.1 Å². The zero-order valence-corrected chi connectivity index (χ0v) is 10.4. The molecule has 1 aromatic heterocycles. The first-order valence-corrected chi connectivity index (χ1v) is 5.82. The summed E-state index contributed by atoms with van der Waals surface area (Å²) in [5.41, 5.74) is 0.912. The first kappa shape index (κ1) is 14.8. The van der Waals surface area contributed by atoms with Crippen LogP contribution in [-0.4, -0.2) is 23.8 Å². The molecule has 3 nitrogen and oxygen atoms in total. The summed E-state index contributed by atoms with van der Waals surface area (Å²) in [6.45, 7) is 4.55. The summed E-state index contributed by atoms with van der Waals surface area (Å²) in [6, 6.07) is 3.15. The molecular weight excluding hydrogens is 245 g/mol. The Hall–Kier alpha value is -1.30. The van der Waals surface area contributed by atoms with Gasteiger partial charge in [0.1, 0.15) is 0 Å². The van der Waals surface area contributed by atoms with Crippen molar-refractivity contribution >= 4 is 0 Å². The minimum absolute atomic E-state index is 0.0148. The lowest BCUT2D eigenvalue weighted by Crippen LogP contribution is -2.31. The predicted octanol–water partition coefficient (Wildman–Crippen LogP) is 2.91. The van der Waals surface area contributed by atoms with Crippen molar-refractivity contribution < 1.29 is 17.9 Å². The Bertz CT molecular complexity index is 351. The van der Waals surface area contributed by atoms with Crippen molar-refractivity contribution in [2.45, 2.75) is 39.1 Å². The Kier molecular flexibility index (Phi) is 5.40. The minimum atomic E-state index is -4.37. The molecule has 0 radical (unpaired) electrons. The van der Waals surface area contributed by atoms with Gasteiger partial charge in [-0.15, -0.1) is 0 Å². The molecule has 0 amide bonds. The average Bonchev–Trinajstić information content (AvgIpc) is 2.30. The number of ether oxygens (including phenoxy) is 1.